The van der Waals surface area contributed by atoms with Crippen LogP contribution in [0.4, 0.5) is 5.82 Å². The molecule has 1 amide bonds. The van der Waals surface area contributed by atoms with Crippen molar-refractivity contribution in [2.75, 3.05) is 45.1 Å². The van der Waals surface area contributed by atoms with Crippen molar-refractivity contribution in [3.63, 3.8) is 0 Å². The van der Waals surface area contributed by atoms with Crippen molar-refractivity contribution in [1.29, 1.82) is 0 Å². The number of benzene rings is 1. The van der Waals surface area contributed by atoms with E-state index in [1.807, 2.05) is 18.2 Å². The van der Waals surface area contributed by atoms with Crippen LogP contribution >= 0.6 is 0 Å². The minimum Gasteiger partial charge on any atom is -0.382 e. The SMILES string of the molecule is Nc1cnc(-c2cccc(C(=O)NCCCN3CCOCC3)c2)cn1. The number of aromatic nitrogens is 2. The van der Waals surface area contributed by atoms with Crippen LogP contribution in [-0.2, 0) is 4.74 Å². The molecule has 0 bridgehead atoms. The Morgan fingerprint density at radius 3 is 2.84 bits per heavy atom. The van der Waals surface area contributed by atoms with Crippen LogP contribution < -0.4 is 11.1 Å². The van der Waals surface area contributed by atoms with E-state index < -0.39 is 0 Å². The number of amides is 1. The lowest BCUT2D eigenvalue weighted by Crippen LogP contribution is -2.38. The quantitative estimate of drug-likeness (QED) is 0.766. The highest BCUT2D eigenvalue weighted by atomic mass is 16.5. The number of nitrogens with zero attached hydrogens (tertiary/aromatic N) is 3. The van der Waals surface area contributed by atoms with Crippen molar-refractivity contribution in [3.05, 3.63) is 42.2 Å². The van der Waals surface area contributed by atoms with Crippen LogP contribution in [-0.4, -0.2) is 60.2 Å². The molecule has 0 atom stereocenters. The molecule has 25 heavy (non-hydrogen) atoms. The fourth-order valence-corrected chi connectivity index (χ4v) is 2.74. The van der Waals surface area contributed by atoms with E-state index in [0.29, 0.717) is 23.6 Å². The van der Waals surface area contributed by atoms with E-state index in [0.717, 1.165) is 44.8 Å². The summed E-state index contributed by atoms with van der Waals surface area (Å²) in [5, 5.41) is 2.97. The maximum absolute atomic E-state index is 12.3. The van der Waals surface area contributed by atoms with Crippen LogP contribution in [0.15, 0.2) is 36.7 Å². The Balaban J connectivity index is 1.51. The highest BCUT2D eigenvalue weighted by Crippen LogP contribution is 2.17. The van der Waals surface area contributed by atoms with Crippen LogP contribution in [0.25, 0.3) is 11.3 Å². The molecule has 7 nitrogen and oxygen atoms in total. The number of nitrogen functional groups attached to an aromatic ring is 1. The number of hydrogen-bond acceptors (Lipinski definition) is 6. The summed E-state index contributed by atoms with van der Waals surface area (Å²) in [6.07, 6.45) is 4.04. The summed E-state index contributed by atoms with van der Waals surface area (Å²) < 4.78 is 5.33. The number of nitrogens with one attached hydrogen (secondary N) is 1. The zero-order valence-electron chi connectivity index (χ0n) is 14.1. The maximum Gasteiger partial charge on any atom is 0.251 e. The number of anilines is 1. The molecule has 1 aromatic heterocycles. The Kier molecular flexibility index (Phi) is 5.92. The Morgan fingerprint density at radius 1 is 1.24 bits per heavy atom. The van der Waals surface area contributed by atoms with Crippen LogP contribution in [0.2, 0.25) is 0 Å². The molecule has 1 saturated heterocycles. The summed E-state index contributed by atoms with van der Waals surface area (Å²) in [4.78, 5) is 23.0. The predicted molar refractivity (Wildman–Crippen MR) is 96.1 cm³/mol. The molecule has 0 radical (unpaired) electrons. The van der Waals surface area contributed by atoms with Gasteiger partial charge in [0.25, 0.3) is 5.91 Å². The first kappa shape index (κ1) is 17.3. The Labute approximate surface area is 147 Å². The van der Waals surface area contributed by atoms with Crippen LogP contribution in [0.5, 0.6) is 0 Å². The first-order valence-corrected chi connectivity index (χ1v) is 8.48. The molecular formula is C18H23N5O2. The van der Waals surface area contributed by atoms with Gasteiger partial charge < -0.3 is 15.8 Å². The number of morpholine rings is 1. The summed E-state index contributed by atoms with van der Waals surface area (Å²) in [6.45, 7) is 5.17. The lowest BCUT2D eigenvalue weighted by molar-refractivity contribution is 0.0374. The van der Waals surface area contributed by atoms with E-state index in [1.165, 1.54) is 6.20 Å². The molecule has 2 heterocycles. The molecular weight excluding hydrogens is 318 g/mol. The minimum atomic E-state index is -0.0766. The molecule has 7 heteroatoms. The van der Waals surface area contributed by atoms with Gasteiger partial charge in [0, 0.05) is 30.8 Å². The monoisotopic (exact) mass is 341 g/mol. The average Bonchev–Trinajstić information content (AvgIpc) is 2.66. The largest absolute Gasteiger partial charge is 0.382 e. The fourth-order valence-electron chi connectivity index (χ4n) is 2.74. The van der Waals surface area contributed by atoms with Crippen molar-refractivity contribution in [3.8, 4) is 11.3 Å². The molecule has 1 aliphatic rings. The summed E-state index contributed by atoms with van der Waals surface area (Å²) in [7, 11) is 0. The van der Waals surface area contributed by atoms with E-state index in [1.54, 1.807) is 12.3 Å². The normalized spacial score (nSPS) is 15.0. The van der Waals surface area contributed by atoms with Gasteiger partial charge in [-0.25, -0.2) is 4.98 Å². The second-order valence-corrected chi connectivity index (χ2v) is 5.97. The molecule has 1 aliphatic heterocycles. The molecule has 0 unspecified atom stereocenters. The van der Waals surface area contributed by atoms with Crippen molar-refractivity contribution < 1.29 is 9.53 Å². The zero-order valence-corrected chi connectivity index (χ0v) is 14.1. The summed E-state index contributed by atoms with van der Waals surface area (Å²) in [5.74, 6) is 0.296. The smallest absolute Gasteiger partial charge is 0.251 e. The first-order chi connectivity index (χ1) is 12.2. The van der Waals surface area contributed by atoms with Gasteiger partial charge in [-0.2, -0.15) is 0 Å². The van der Waals surface area contributed by atoms with E-state index in [-0.39, 0.29) is 5.91 Å². The third-order valence-electron chi connectivity index (χ3n) is 4.13. The van der Waals surface area contributed by atoms with Crippen molar-refractivity contribution in [2.45, 2.75) is 6.42 Å². The van der Waals surface area contributed by atoms with E-state index >= 15 is 0 Å². The molecule has 3 N–H and O–H groups in total. The number of carbonyl (C=O) groups excluding carboxylic acids is 1. The van der Waals surface area contributed by atoms with Gasteiger partial charge in [0.1, 0.15) is 5.82 Å². The number of hydrogen-bond donors (Lipinski definition) is 2. The molecule has 132 valence electrons. The van der Waals surface area contributed by atoms with Gasteiger partial charge in [-0.15, -0.1) is 0 Å². The molecule has 3 rings (SSSR count). The third kappa shape index (κ3) is 4.98. The topological polar surface area (TPSA) is 93.4 Å². The van der Waals surface area contributed by atoms with Gasteiger partial charge in [-0.1, -0.05) is 12.1 Å². The van der Waals surface area contributed by atoms with Crippen LogP contribution in [0.1, 0.15) is 16.8 Å². The predicted octanol–water partition coefficient (Wildman–Crippen LogP) is 1.18. The van der Waals surface area contributed by atoms with Gasteiger partial charge >= 0.3 is 0 Å². The standard InChI is InChI=1S/C18H23N5O2/c19-17-13-21-16(12-22-17)14-3-1-4-15(11-14)18(24)20-5-2-6-23-7-9-25-10-8-23/h1,3-4,11-13H,2,5-10H2,(H2,19,22)(H,20,24). The lowest BCUT2D eigenvalue weighted by Gasteiger charge is -2.26. The van der Waals surface area contributed by atoms with Gasteiger partial charge in [-0.05, 0) is 25.1 Å². The zero-order chi connectivity index (χ0) is 17.5. The van der Waals surface area contributed by atoms with Crippen molar-refractivity contribution >= 4 is 11.7 Å². The second-order valence-electron chi connectivity index (χ2n) is 5.97. The number of nitrogens with two attached hydrogens (primary N) is 1. The molecule has 0 aliphatic carbocycles. The number of ether oxygens (including phenoxy) is 1. The number of rotatable bonds is 6. The third-order valence-corrected chi connectivity index (χ3v) is 4.13. The Morgan fingerprint density at radius 2 is 2.08 bits per heavy atom. The highest BCUT2D eigenvalue weighted by Gasteiger charge is 2.11. The lowest BCUT2D eigenvalue weighted by atomic mass is 10.1. The van der Waals surface area contributed by atoms with Gasteiger partial charge in [0.05, 0.1) is 31.3 Å². The van der Waals surface area contributed by atoms with Crippen LogP contribution in [0, 0.1) is 0 Å². The van der Waals surface area contributed by atoms with Crippen molar-refractivity contribution in [1.82, 2.24) is 20.2 Å². The van der Waals surface area contributed by atoms with E-state index in [4.69, 9.17) is 10.5 Å². The number of carbonyl (C=O) groups is 1. The Hall–Kier alpha value is -2.51. The minimum absolute atomic E-state index is 0.0766. The van der Waals surface area contributed by atoms with Gasteiger partial charge in [0.15, 0.2) is 0 Å². The Bertz CT molecular complexity index is 699. The molecule has 1 aromatic carbocycles. The van der Waals surface area contributed by atoms with Gasteiger partial charge in [0.2, 0.25) is 0 Å². The van der Waals surface area contributed by atoms with E-state index in [9.17, 15) is 4.79 Å². The van der Waals surface area contributed by atoms with Gasteiger partial charge in [-0.3, -0.25) is 14.7 Å². The molecule has 1 fully saturated rings. The fraction of sp³-hybridized carbons (Fsp3) is 0.389. The molecule has 2 aromatic rings. The molecule has 0 spiro atoms. The maximum atomic E-state index is 12.3. The van der Waals surface area contributed by atoms with Crippen molar-refractivity contribution in [2.24, 2.45) is 0 Å². The summed E-state index contributed by atoms with van der Waals surface area (Å²) in [5.41, 5.74) is 7.70. The average molecular weight is 341 g/mol. The molecule has 0 saturated carbocycles. The first-order valence-electron chi connectivity index (χ1n) is 8.48. The summed E-state index contributed by atoms with van der Waals surface area (Å²) in [6, 6.07) is 7.36. The summed E-state index contributed by atoms with van der Waals surface area (Å²) >= 11 is 0. The highest BCUT2D eigenvalue weighted by molar-refractivity contribution is 5.95. The van der Waals surface area contributed by atoms with Crippen LogP contribution in [0.3, 0.4) is 0 Å². The van der Waals surface area contributed by atoms with E-state index in [2.05, 4.69) is 20.2 Å². The second kappa shape index (κ2) is 8.55.